The summed E-state index contributed by atoms with van der Waals surface area (Å²) in [6, 6.07) is 10.3. The maximum atomic E-state index is 12.6. The fourth-order valence-corrected chi connectivity index (χ4v) is 2.79. The molecule has 7 nitrogen and oxygen atoms in total. The minimum atomic E-state index is -0.621. The zero-order valence-electron chi connectivity index (χ0n) is 16.9. The van der Waals surface area contributed by atoms with Crippen molar-refractivity contribution >= 4 is 54.2 Å². The SMILES string of the molecule is Cc1ccc(Cl)cc1-c1cc(C(=O)N=C(N)N)cc(C(=O)NCCN(C)C)c1.Cl.Cl. The first-order chi connectivity index (χ1) is 13.2. The van der Waals surface area contributed by atoms with Gasteiger partial charge in [-0.2, -0.15) is 4.99 Å². The highest BCUT2D eigenvalue weighted by molar-refractivity contribution is 6.30. The number of carbonyl (C=O) groups excluding carboxylic acids is 2. The molecular formula is C20H26Cl3N5O2. The molecule has 0 aliphatic rings. The van der Waals surface area contributed by atoms with Crippen molar-refractivity contribution in [3.05, 3.63) is 58.1 Å². The van der Waals surface area contributed by atoms with Crippen molar-refractivity contribution in [2.75, 3.05) is 27.2 Å². The highest BCUT2D eigenvalue weighted by Gasteiger charge is 2.15. The molecule has 0 spiro atoms. The summed E-state index contributed by atoms with van der Waals surface area (Å²) in [5, 5.41) is 3.39. The lowest BCUT2D eigenvalue weighted by molar-refractivity contribution is 0.0951. The predicted octanol–water partition coefficient (Wildman–Crippen LogP) is 2.86. The molecule has 2 amide bonds. The minimum absolute atomic E-state index is 0. The van der Waals surface area contributed by atoms with Crippen molar-refractivity contribution < 1.29 is 9.59 Å². The van der Waals surface area contributed by atoms with Crippen molar-refractivity contribution in [2.45, 2.75) is 6.92 Å². The average molecular weight is 475 g/mol. The first-order valence-corrected chi connectivity index (χ1v) is 9.03. The van der Waals surface area contributed by atoms with Crippen molar-refractivity contribution in [2.24, 2.45) is 16.5 Å². The number of hydrogen-bond acceptors (Lipinski definition) is 3. The number of benzene rings is 2. The van der Waals surface area contributed by atoms with Crippen LogP contribution < -0.4 is 16.8 Å². The standard InChI is InChI=1S/C20H24ClN5O2.2ClH/c1-12-4-5-16(21)11-17(12)13-8-14(18(27)24-6-7-26(2)3)10-15(9-13)19(28)25-20(22)23;;/h4-5,8-11H,6-7H2,1-3H3,(H,24,27)(H4,22,23,25,28);2*1H. The summed E-state index contributed by atoms with van der Waals surface area (Å²) in [4.78, 5) is 30.5. The van der Waals surface area contributed by atoms with Crippen LogP contribution in [0, 0.1) is 6.92 Å². The summed E-state index contributed by atoms with van der Waals surface area (Å²) >= 11 is 6.13. The molecule has 0 unspecified atom stereocenters. The highest BCUT2D eigenvalue weighted by Crippen LogP contribution is 2.28. The predicted molar refractivity (Wildman–Crippen MR) is 127 cm³/mol. The van der Waals surface area contributed by atoms with Gasteiger partial charge in [0.2, 0.25) is 0 Å². The molecule has 0 fully saturated rings. The van der Waals surface area contributed by atoms with E-state index in [1.54, 1.807) is 24.3 Å². The molecule has 0 aromatic heterocycles. The van der Waals surface area contributed by atoms with Crippen LogP contribution in [0.4, 0.5) is 0 Å². The Hall–Kier alpha value is -2.32. The van der Waals surface area contributed by atoms with E-state index in [-0.39, 0.29) is 42.2 Å². The van der Waals surface area contributed by atoms with Gasteiger partial charge in [0.15, 0.2) is 5.96 Å². The Bertz CT molecular complexity index is 929. The Labute approximate surface area is 193 Å². The first-order valence-electron chi connectivity index (χ1n) is 8.66. The average Bonchev–Trinajstić information content (AvgIpc) is 2.62. The lowest BCUT2D eigenvalue weighted by Crippen LogP contribution is -2.31. The van der Waals surface area contributed by atoms with Crippen LogP contribution in [0.2, 0.25) is 5.02 Å². The third-order valence-electron chi connectivity index (χ3n) is 4.03. The van der Waals surface area contributed by atoms with Gasteiger partial charge in [0.25, 0.3) is 11.8 Å². The third kappa shape index (κ3) is 7.84. The lowest BCUT2D eigenvalue weighted by Gasteiger charge is -2.13. The molecule has 0 aliphatic heterocycles. The molecule has 0 bridgehead atoms. The second-order valence-electron chi connectivity index (χ2n) is 6.66. The summed E-state index contributed by atoms with van der Waals surface area (Å²) in [5.41, 5.74) is 13.6. The Morgan fingerprint density at radius 1 is 1.07 bits per heavy atom. The number of likely N-dealkylation sites (N-methyl/N-ethyl adjacent to an activating group) is 1. The number of nitrogens with two attached hydrogens (primary N) is 2. The summed E-state index contributed by atoms with van der Waals surface area (Å²) in [5.74, 6) is -1.25. The van der Waals surface area contributed by atoms with Gasteiger partial charge in [0.05, 0.1) is 0 Å². The smallest absolute Gasteiger partial charge is 0.280 e. The van der Waals surface area contributed by atoms with E-state index in [0.717, 1.165) is 11.1 Å². The number of aliphatic imine (C=N–C) groups is 1. The molecule has 0 atom stereocenters. The van der Waals surface area contributed by atoms with Crippen LogP contribution in [-0.4, -0.2) is 49.9 Å². The van der Waals surface area contributed by atoms with E-state index in [2.05, 4.69) is 10.3 Å². The highest BCUT2D eigenvalue weighted by atomic mass is 35.5. The Balaban J connectivity index is 0.00000420. The summed E-state index contributed by atoms with van der Waals surface area (Å²) < 4.78 is 0. The maximum absolute atomic E-state index is 12.6. The topological polar surface area (TPSA) is 114 Å². The first kappa shape index (κ1) is 27.7. The molecule has 10 heteroatoms. The van der Waals surface area contributed by atoms with E-state index >= 15 is 0 Å². The largest absolute Gasteiger partial charge is 0.370 e. The fraction of sp³-hybridized carbons (Fsp3) is 0.250. The van der Waals surface area contributed by atoms with Crippen LogP contribution in [0.3, 0.4) is 0 Å². The van der Waals surface area contributed by atoms with Crippen LogP contribution in [0.5, 0.6) is 0 Å². The molecule has 2 rings (SSSR count). The number of guanidine groups is 1. The molecule has 5 N–H and O–H groups in total. The van der Waals surface area contributed by atoms with Gasteiger partial charge in [-0.3, -0.25) is 9.59 Å². The quantitative estimate of drug-likeness (QED) is 0.440. The number of carbonyl (C=O) groups is 2. The minimum Gasteiger partial charge on any atom is -0.370 e. The van der Waals surface area contributed by atoms with Gasteiger partial charge in [-0.15, -0.1) is 24.8 Å². The van der Waals surface area contributed by atoms with Gasteiger partial charge >= 0.3 is 0 Å². The van der Waals surface area contributed by atoms with Gasteiger partial charge in [0.1, 0.15) is 0 Å². The molecule has 30 heavy (non-hydrogen) atoms. The van der Waals surface area contributed by atoms with Gasteiger partial charge in [0, 0.05) is 29.2 Å². The van der Waals surface area contributed by atoms with Crippen LogP contribution >= 0.6 is 36.4 Å². The zero-order valence-corrected chi connectivity index (χ0v) is 19.3. The zero-order chi connectivity index (χ0) is 20.8. The number of nitrogens with one attached hydrogen (secondary N) is 1. The number of nitrogens with zero attached hydrogens (tertiary/aromatic N) is 2. The molecule has 0 saturated heterocycles. The number of amides is 2. The van der Waals surface area contributed by atoms with E-state index in [1.807, 2.05) is 32.0 Å². The second-order valence-corrected chi connectivity index (χ2v) is 7.10. The summed E-state index contributed by atoms with van der Waals surface area (Å²) in [6.45, 7) is 3.09. The molecule has 0 heterocycles. The Morgan fingerprint density at radius 2 is 1.70 bits per heavy atom. The Kier molecular flexibility index (Phi) is 11.4. The number of halogens is 3. The molecular weight excluding hydrogens is 449 g/mol. The fourth-order valence-electron chi connectivity index (χ4n) is 2.62. The molecule has 2 aromatic rings. The molecule has 164 valence electrons. The second kappa shape index (κ2) is 12.4. The van der Waals surface area contributed by atoms with Crippen LogP contribution in [0.1, 0.15) is 26.3 Å². The third-order valence-corrected chi connectivity index (χ3v) is 4.26. The van der Waals surface area contributed by atoms with Crippen molar-refractivity contribution in [3.63, 3.8) is 0 Å². The Morgan fingerprint density at radius 3 is 2.30 bits per heavy atom. The van der Waals surface area contributed by atoms with E-state index in [1.165, 1.54) is 6.07 Å². The molecule has 0 radical (unpaired) electrons. The summed E-state index contributed by atoms with van der Waals surface area (Å²) in [6.07, 6.45) is 0. The van der Waals surface area contributed by atoms with Crippen molar-refractivity contribution in [3.8, 4) is 11.1 Å². The number of aryl methyl sites for hydroxylation is 1. The van der Waals surface area contributed by atoms with Crippen molar-refractivity contribution in [1.29, 1.82) is 0 Å². The van der Waals surface area contributed by atoms with Gasteiger partial charge in [-0.05, 0) is 68.0 Å². The normalized spacial score (nSPS) is 9.90. The molecule has 0 aliphatic carbocycles. The maximum Gasteiger partial charge on any atom is 0.280 e. The van der Waals surface area contributed by atoms with E-state index < -0.39 is 5.91 Å². The molecule has 2 aromatic carbocycles. The monoisotopic (exact) mass is 473 g/mol. The van der Waals surface area contributed by atoms with Gasteiger partial charge in [-0.25, -0.2) is 0 Å². The van der Waals surface area contributed by atoms with Crippen LogP contribution in [-0.2, 0) is 0 Å². The van der Waals surface area contributed by atoms with Gasteiger partial charge in [-0.1, -0.05) is 17.7 Å². The van der Waals surface area contributed by atoms with Crippen LogP contribution in [0.15, 0.2) is 41.4 Å². The van der Waals surface area contributed by atoms with E-state index in [4.69, 9.17) is 23.1 Å². The number of rotatable bonds is 6. The van der Waals surface area contributed by atoms with E-state index in [0.29, 0.717) is 29.2 Å². The lowest BCUT2D eigenvalue weighted by atomic mass is 9.96. The molecule has 0 saturated carbocycles. The number of hydrogen-bond donors (Lipinski definition) is 3. The van der Waals surface area contributed by atoms with Crippen molar-refractivity contribution in [1.82, 2.24) is 10.2 Å². The van der Waals surface area contributed by atoms with Gasteiger partial charge < -0.3 is 21.7 Å². The van der Waals surface area contributed by atoms with E-state index in [9.17, 15) is 9.59 Å². The summed E-state index contributed by atoms with van der Waals surface area (Å²) in [7, 11) is 3.83. The van der Waals surface area contributed by atoms with Crippen LogP contribution in [0.25, 0.3) is 11.1 Å².